The van der Waals surface area contributed by atoms with Gasteiger partial charge in [0.25, 0.3) is 0 Å². The molecule has 1 heterocycles. The lowest BCUT2D eigenvalue weighted by molar-refractivity contribution is -0.137. The third-order valence-electron chi connectivity index (χ3n) is 4.61. The van der Waals surface area contributed by atoms with E-state index in [9.17, 15) is 9.59 Å². The summed E-state index contributed by atoms with van der Waals surface area (Å²) in [6.07, 6.45) is 0. The molecule has 0 bridgehead atoms. The Morgan fingerprint density at radius 3 is 2.33 bits per heavy atom. The normalized spacial score (nSPS) is 12.6. The molecule has 6 nitrogen and oxygen atoms in total. The molecule has 0 aliphatic rings. The Labute approximate surface area is 161 Å². The molecule has 2 amide bonds. The van der Waals surface area contributed by atoms with Gasteiger partial charge in [-0.2, -0.15) is 5.10 Å². The fourth-order valence-corrected chi connectivity index (χ4v) is 2.84. The van der Waals surface area contributed by atoms with Crippen molar-refractivity contribution in [1.82, 2.24) is 20.0 Å². The highest BCUT2D eigenvalue weighted by molar-refractivity contribution is 5.89. The number of carbonyl (C=O) groups excluding carboxylic acids is 2. The maximum atomic E-state index is 12.7. The van der Waals surface area contributed by atoms with Crippen molar-refractivity contribution in [3.05, 3.63) is 47.3 Å². The van der Waals surface area contributed by atoms with E-state index in [1.165, 1.54) is 0 Å². The summed E-state index contributed by atoms with van der Waals surface area (Å²) in [5.41, 5.74) is 3.37. The van der Waals surface area contributed by atoms with E-state index in [0.717, 1.165) is 22.6 Å². The van der Waals surface area contributed by atoms with Gasteiger partial charge in [-0.1, -0.05) is 39.0 Å². The summed E-state index contributed by atoms with van der Waals surface area (Å²) in [6.45, 7) is 11.6. The van der Waals surface area contributed by atoms with Crippen molar-refractivity contribution in [3.8, 4) is 5.69 Å². The van der Waals surface area contributed by atoms with E-state index in [4.69, 9.17) is 0 Å². The summed E-state index contributed by atoms with van der Waals surface area (Å²) in [7, 11) is 1.75. The first-order valence-electron chi connectivity index (χ1n) is 9.19. The Kier molecular flexibility index (Phi) is 6.08. The monoisotopic (exact) mass is 370 g/mol. The molecule has 0 fully saturated rings. The van der Waals surface area contributed by atoms with Crippen LogP contribution in [0.1, 0.15) is 44.6 Å². The third-order valence-corrected chi connectivity index (χ3v) is 4.61. The van der Waals surface area contributed by atoms with Crippen LogP contribution in [0.2, 0.25) is 0 Å². The lowest BCUT2D eigenvalue weighted by Gasteiger charge is -2.25. The number of carbonyl (C=O) groups is 2. The highest BCUT2D eigenvalue weighted by atomic mass is 16.2. The van der Waals surface area contributed by atoms with E-state index in [1.54, 1.807) is 18.9 Å². The first kappa shape index (κ1) is 20.7. The lowest BCUT2D eigenvalue weighted by Crippen LogP contribution is -2.48. The molecule has 6 heteroatoms. The number of aryl methyl sites for hydroxylation is 1. The minimum absolute atomic E-state index is 0.126. The Morgan fingerprint density at radius 2 is 1.78 bits per heavy atom. The van der Waals surface area contributed by atoms with E-state index in [2.05, 4.69) is 10.4 Å². The number of para-hydroxylation sites is 1. The van der Waals surface area contributed by atoms with Gasteiger partial charge < -0.3 is 10.2 Å². The van der Waals surface area contributed by atoms with Gasteiger partial charge in [0.2, 0.25) is 11.8 Å². The first-order valence-corrected chi connectivity index (χ1v) is 9.19. The second-order valence-electron chi connectivity index (χ2n) is 8.04. The average Bonchev–Trinajstić information content (AvgIpc) is 2.89. The highest BCUT2D eigenvalue weighted by Crippen LogP contribution is 2.19. The fraction of sp³-hybridized carbons (Fsp3) is 0.476. The summed E-state index contributed by atoms with van der Waals surface area (Å²) in [5.74, 6) is -0.264. The number of rotatable bonds is 5. The Hall–Kier alpha value is -2.63. The van der Waals surface area contributed by atoms with Gasteiger partial charge in [-0.3, -0.25) is 9.59 Å². The minimum atomic E-state index is -0.577. The molecule has 1 aromatic carbocycles. The minimum Gasteiger partial charge on any atom is -0.344 e. The molecule has 0 aliphatic carbocycles. The highest BCUT2D eigenvalue weighted by Gasteiger charge is 2.27. The van der Waals surface area contributed by atoms with Crippen molar-refractivity contribution in [2.24, 2.45) is 5.41 Å². The smallest absolute Gasteiger partial charge is 0.244 e. The summed E-state index contributed by atoms with van der Waals surface area (Å²) >= 11 is 0. The molecular weight excluding hydrogens is 340 g/mol. The van der Waals surface area contributed by atoms with Crippen LogP contribution in [-0.2, 0) is 16.1 Å². The molecule has 1 atom stereocenters. The quantitative estimate of drug-likeness (QED) is 0.880. The Morgan fingerprint density at radius 1 is 1.19 bits per heavy atom. The van der Waals surface area contributed by atoms with Gasteiger partial charge in [0.15, 0.2) is 0 Å². The molecule has 2 aromatic rings. The Bertz CT molecular complexity index is 819. The number of nitrogens with one attached hydrogen (secondary N) is 1. The second-order valence-corrected chi connectivity index (χ2v) is 8.04. The SMILES string of the molecule is Cc1nn(-c2ccccc2)c(C)c1CN(C)C(=O)C(C)NC(=O)C(C)(C)C. The van der Waals surface area contributed by atoms with E-state index in [0.29, 0.717) is 6.54 Å². The van der Waals surface area contributed by atoms with E-state index in [-0.39, 0.29) is 11.8 Å². The van der Waals surface area contributed by atoms with Gasteiger partial charge in [-0.15, -0.1) is 0 Å². The Balaban J connectivity index is 2.14. The number of benzene rings is 1. The maximum absolute atomic E-state index is 12.7. The lowest BCUT2D eigenvalue weighted by atomic mass is 9.95. The number of likely N-dealkylation sites (N-methyl/N-ethyl adjacent to an activating group) is 1. The van der Waals surface area contributed by atoms with Crippen molar-refractivity contribution in [1.29, 1.82) is 0 Å². The van der Waals surface area contributed by atoms with Crippen LogP contribution in [0.5, 0.6) is 0 Å². The van der Waals surface area contributed by atoms with Gasteiger partial charge in [-0.25, -0.2) is 4.68 Å². The summed E-state index contributed by atoms with van der Waals surface area (Å²) < 4.78 is 1.90. The summed E-state index contributed by atoms with van der Waals surface area (Å²) in [6, 6.07) is 9.34. The molecule has 0 aliphatic heterocycles. The van der Waals surface area contributed by atoms with Crippen molar-refractivity contribution in [2.75, 3.05) is 7.05 Å². The van der Waals surface area contributed by atoms with Gasteiger partial charge in [0, 0.05) is 30.3 Å². The van der Waals surface area contributed by atoms with E-state index < -0.39 is 11.5 Å². The molecule has 2 rings (SSSR count). The van der Waals surface area contributed by atoms with Crippen LogP contribution < -0.4 is 5.32 Å². The predicted molar refractivity (Wildman–Crippen MR) is 107 cm³/mol. The van der Waals surface area contributed by atoms with Crippen LogP contribution >= 0.6 is 0 Å². The summed E-state index contributed by atoms with van der Waals surface area (Å²) in [4.78, 5) is 26.5. The van der Waals surface area contributed by atoms with E-state index >= 15 is 0 Å². The van der Waals surface area contributed by atoms with Crippen molar-refractivity contribution in [2.45, 2.75) is 54.1 Å². The first-order chi connectivity index (χ1) is 12.5. The number of aromatic nitrogens is 2. The molecule has 0 saturated heterocycles. The van der Waals surface area contributed by atoms with E-state index in [1.807, 2.05) is 69.6 Å². The summed E-state index contributed by atoms with van der Waals surface area (Å²) in [5, 5.41) is 7.42. The molecule has 0 saturated carbocycles. The number of hydrogen-bond acceptors (Lipinski definition) is 3. The van der Waals surface area contributed by atoms with Crippen molar-refractivity contribution < 1.29 is 9.59 Å². The van der Waals surface area contributed by atoms with Crippen LogP contribution in [0.3, 0.4) is 0 Å². The van der Waals surface area contributed by atoms with Crippen LogP contribution in [0.4, 0.5) is 0 Å². The third kappa shape index (κ3) is 4.76. The van der Waals surface area contributed by atoms with Crippen molar-refractivity contribution >= 4 is 11.8 Å². The van der Waals surface area contributed by atoms with Crippen LogP contribution in [-0.4, -0.2) is 39.6 Å². The van der Waals surface area contributed by atoms with Crippen LogP contribution in [0.25, 0.3) is 5.69 Å². The largest absolute Gasteiger partial charge is 0.344 e. The molecule has 1 aromatic heterocycles. The zero-order chi connectivity index (χ0) is 20.4. The number of hydrogen-bond donors (Lipinski definition) is 1. The topological polar surface area (TPSA) is 67.2 Å². The molecule has 0 radical (unpaired) electrons. The zero-order valence-corrected chi connectivity index (χ0v) is 17.3. The molecule has 0 spiro atoms. The van der Waals surface area contributed by atoms with Crippen LogP contribution in [0, 0.1) is 19.3 Å². The second kappa shape index (κ2) is 7.94. The fourth-order valence-electron chi connectivity index (χ4n) is 2.84. The number of amides is 2. The molecule has 1 N–H and O–H groups in total. The van der Waals surface area contributed by atoms with Gasteiger partial charge >= 0.3 is 0 Å². The van der Waals surface area contributed by atoms with Gasteiger partial charge in [0.1, 0.15) is 6.04 Å². The number of nitrogens with zero attached hydrogens (tertiary/aromatic N) is 3. The van der Waals surface area contributed by atoms with Gasteiger partial charge in [-0.05, 0) is 32.9 Å². The molecule has 27 heavy (non-hydrogen) atoms. The van der Waals surface area contributed by atoms with Crippen LogP contribution in [0.15, 0.2) is 30.3 Å². The van der Waals surface area contributed by atoms with Crippen molar-refractivity contribution in [3.63, 3.8) is 0 Å². The molecule has 146 valence electrons. The van der Waals surface area contributed by atoms with Gasteiger partial charge in [0.05, 0.1) is 11.4 Å². The molecular formula is C21H30N4O2. The average molecular weight is 370 g/mol. The predicted octanol–water partition coefficient (Wildman–Crippen LogP) is 3.00. The molecule has 1 unspecified atom stereocenters. The maximum Gasteiger partial charge on any atom is 0.244 e. The zero-order valence-electron chi connectivity index (χ0n) is 17.3. The standard InChI is InChI=1S/C21H30N4O2/c1-14-18(16(3)25(23-14)17-11-9-8-10-12-17)13-24(7)19(26)15(2)22-20(27)21(4,5)6/h8-12,15H,13H2,1-7H3,(H,22,27).